The molecule has 4 nitrogen and oxygen atoms in total. The molecule has 0 fully saturated rings. The Bertz CT molecular complexity index is 1190. The number of ketones is 1. The van der Waals surface area contributed by atoms with Gasteiger partial charge in [0.05, 0.1) is 21.2 Å². The topological polar surface area (TPSA) is 52.6 Å². The van der Waals surface area contributed by atoms with Gasteiger partial charge in [-0.3, -0.25) is 4.79 Å². The molecule has 0 spiro atoms. The molecular weight excluding hydrogens is 418 g/mol. The summed E-state index contributed by atoms with van der Waals surface area (Å²) in [5.74, 6) is -1.05. The minimum absolute atomic E-state index is 0.0719. The highest BCUT2D eigenvalue weighted by Crippen LogP contribution is 2.35. The summed E-state index contributed by atoms with van der Waals surface area (Å²) in [5.41, 5.74) is 1.05. The van der Waals surface area contributed by atoms with Crippen molar-refractivity contribution in [3.8, 4) is 11.5 Å². The first-order valence-electron chi connectivity index (χ1n) is 8.42. The fourth-order valence-electron chi connectivity index (χ4n) is 2.77. The van der Waals surface area contributed by atoms with Crippen LogP contribution in [-0.4, -0.2) is 11.8 Å². The molecule has 144 valence electrons. The summed E-state index contributed by atoms with van der Waals surface area (Å²) in [4.78, 5) is 24.7. The van der Waals surface area contributed by atoms with Gasteiger partial charge in [0.25, 0.3) is 0 Å². The summed E-state index contributed by atoms with van der Waals surface area (Å²) in [7, 11) is 0. The molecule has 0 unspecified atom stereocenters. The van der Waals surface area contributed by atoms with Crippen molar-refractivity contribution in [2.75, 3.05) is 0 Å². The molecule has 0 aromatic heterocycles. The molecule has 1 aliphatic heterocycles. The van der Waals surface area contributed by atoms with E-state index in [9.17, 15) is 14.0 Å². The summed E-state index contributed by atoms with van der Waals surface area (Å²) >= 11 is 11.9. The van der Waals surface area contributed by atoms with Crippen molar-refractivity contribution in [2.24, 2.45) is 0 Å². The second-order valence-electron chi connectivity index (χ2n) is 6.17. The summed E-state index contributed by atoms with van der Waals surface area (Å²) < 4.78 is 24.1. The molecule has 29 heavy (non-hydrogen) atoms. The number of carbonyl (C=O) groups is 2. The van der Waals surface area contributed by atoms with E-state index in [0.29, 0.717) is 21.2 Å². The van der Waals surface area contributed by atoms with Crippen LogP contribution < -0.4 is 9.47 Å². The number of fused-ring (bicyclic) bond motifs is 1. The number of benzene rings is 3. The molecule has 1 aliphatic rings. The number of allylic oxidation sites excluding steroid dienone is 1. The monoisotopic (exact) mass is 428 g/mol. The van der Waals surface area contributed by atoms with Crippen molar-refractivity contribution in [1.82, 2.24) is 0 Å². The molecule has 0 bridgehead atoms. The second-order valence-corrected chi connectivity index (χ2v) is 6.99. The lowest BCUT2D eigenvalue weighted by atomic mass is 10.1. The first kappa shape index (κ1) is 19.2. The number of hydrogen-bond donors (Lipinski definition) is 0. The number of hydrogen-bond acceptors (Lipinski definition) is 4. The van der Waals surface area contributed by atoms with Crippen molar-refractivity contribution in [3.63, 3.8) is 0 Å². The third kappa shape index (κ3) is 4.01. The van der Waals surface area contributed by atoms with Gasteiger partial charge in [0.1, 0.15) is 17.3 Å². The van der Waals surface area contributed by atoms with E-state index in [1.165, 1.54) is 36.4 Å². The van der Waals surface area contributed by atoms with Gasteiger partial charge in [-0.25, -0.2) is 9.18 Å². The summed E-state index contributed by atoms with van der Waals surface area (Å²) in [6.45, 7) is 0. The summed E-state index contributed by atoms with van der Waals surface area (Å²) in [6, 6.07) is 14.5. The highest BCUT2D eigenvalue weighted by atomic mass is 35.5. The normalized spacial score (nSPS) is 13.9. The predicted molar refractivity (Wildman–Crippen MR) is 107 cm³/mol. The molecule has 0 atom stereocenters. The van der Waals surface area contributed by atoms with Crippen LogP contribution in [0.15, 0.2) is 66.4 Å². The van der Waals surface area contributed by atoms with Crippen LogP contribution in [0.5, 0.6) is 11.5 Å². The minimum Gasteiger partial charge on any atom is -0.452 e. The summed E-state index contributed by atoms with van der Waals surface area (Å²) in [6.07, 6.45) is 1.54. The Morgan fingerprint density at radius 3 is 2.59 bits per heavy atom. The zero-order chi connectivity index (χ0) is 20.5. The lowest BCUT2D eigenvalue weighted by Crippen LogP contribution is -2.08. The molecule has 4 rings (SSSR count). The Hall–Kier alpha value is -3.15. The number of Topliss-reactive ketones (excluding diaryl/α,β-unsaturated/α-hetero) is 1. The molecule has 0 saturated heterocycles. The van der Waals surface area contributed by atoms with Crippen LogP contribution >= 0.6 is 23.2 Å². The van der Waals surface area contributed by atoms with E-state index in [0.717, 1.165) is 6.07 Å². The van der Waals surface area contributed by atoms with Crippen LogP contribution in [0.1, 0.15) is 26.3 Å². The lowest BCUT2D eigenvalue weighted by molar-refractivity contribution is 0.0734. The average molecular weight is 429 g/mol. The molecule has 0 radical (unpaired) electrons. The van der Waals surface area contributed by atoms with Gasteiger partial charge in [0, 0.05) is 6.07 Å². The molecule has 0 amide bonds. The number of esters is 1. The van der Waals surface area contributed by atoms with Gasteiger partial charge in [-0.1, -0.05) is 35.3 Å². The highest BCUT2D eigenvalue weighted by Gasteiger charge is 2.28. The maximum atomic E-state index is 13.3. The van der Waals surface area contributed by atoms with Crippen LogP contribution in [0.2, 0.25) is 10.0 Å². The Morgan fingerprint density at radius 2 is 1.83 bits per heavy atom. The fourth-order valence-corrected chi connectivity index (χ4v) is 3.07. The molecule has 0 N–H and O–H groups in total. The summed E-state index contributed by atoms with van der Waals surface area (Å²) in [5, 5.41) is 0.760. The first-order valence-corrected chi connectivity index (χ1v) is 9.17. The standard InChI is InChI=1S/C22H11Cl2FO4/c23-17-7-4-12(8-18(17)24)9-20-21(26)16-6-5-15(11-19(16)29-20)28-22(27)13-2-1-3-14(25)10-13/h1-11H/b20-9-. The van der Waals surface area contributed by atoms with Crippen molar-refractivity contribution < 1.29 is 23.5 Å². The van der Waals surface area contributed by atoms with Crippen LogP contribution in [0, 0.1) is 5.82 Å². The van der Waals surface area contributed by atoms with Crippen LogP contribution in [0.3, 0.4) is 0 Å². The van der Waals surface area contributed by atoms with Crippen molar-refractivity contribution in [3.05, 3.63) is 99.0 Å². The van der Waals surface area contributed by atoms with E-state index < -0.39 is 11.8 Å². The van der Waals surface area contributed by atoms with E-state index in [4.69, 9.17) is 32.7 Å². The molecule has 1 heterocycles. The van der Waals surface area contributed by atoms with E-state index in [2.05, 4.69) is 0 Å². The zero-order valence-electron chi connectivity index (χ0n) is 14.6. The molecule has 3 aromatic carbocycles. The zero-order valence-corrected chi connectivity index (χ0v) is 16.1. The number of ether oxygens (including phenoxy) is 2. The Kier molecular flexibility index (Phi) is 5.09. The third-order valence-corrected chi connectivity index (χ3v) is 4.89. The molecule has 0 saturated carbocycles. The SMILES string of the molecule is O=C(Oc1ccc2c(c1)O/C(=C\c1ccc(Cl)c(Cl)c1)C2=O)c1cccc(F)c1. The minimum atomic E-state index is -0.722. The third-order valence-electron chi connectivity index (χ3n) is 4.15. The number of rotatable bonds is 3. The average Bonchev–Trinajstić information content (AvgIpc) is 2.99. The van der Waals surface area contributed by atoms with E-state index in [1.54, 1.807) is 24.3 Å². The Morgan fingerprint density at radius 1 is 1.00 bits per heavy atom. The maximum absolute atomic E-state index is 13.3. The first-order chi connectivity index (χ1) is 13.9. The highest BCUT2D eigenvalue weighted by molar-refractivity contribution is 6.42. The second kappa shape index (κ2) is 7.70. The smallest absolute Gasteiger partial charge is 0.343 e. The molecule has 7 heteroatoms. The van der Waals surface area contributed by atoms with Crippen molar-refractivity contribution >= 4 is 41.0 Å². The van der Waals surface area contributed by atoms with Crippen LogP contribution in [-0.2, 0) is 0 Å². The predicted octanol–water partition coefficient (Wildman–Crippen LogP) is 5.97. The number of halogens is 3. The van der Waals surface area contributed by atoms with E-state index in [-0.39, 0.29) is 28.6 Å². The van der Waals surface area contributed by atoms with Gasteiger partial charge in [-0.15, -0.1) is 0 Å². The van der Waals surface area contributed by atoms with Crippen LogP contribution in [0.4, 0.5) is 4.39 Å². The van der Waals surface area contributed by atoms with Gasteiger partial charge in [0.2, 0.25) is 5.78 Å². The number of carbonyl (C=O) groups excluding carboxylic acids is 2. The van der Waals surface area contributed by atoms with Crippen LogP contribution in [0.25, 0.3) is 6.08 Å². The quantitative estimate of drug-likeness (QED) is 0.293. The molecule has 0 aliphatic carbocycles. The van der Waals surface area contributed by atoms with Gasteiger partial charge in [-0.05, 0) is 54.1 Å². The van der Waals surface area contributed by atoms with Gasteiger partial charge in [-0.2, -0.15) is 0 Å². The van der Waals surface area contributed by atoms with Crippen molar-refractivity contribution in [1.29, 1.82) is 0 Å². The maximum Gasteiger partial charge on any atom is 0.343 e. The lowest BCUT2D eigenvalue weighted by Gasteiger charge is -2.06. The van der Waals surface area contributed by atoms with Gasteiger partial charge >= 0.3 is 5.97 Å². The fraction of sp³-hybridized carbons (Fsp3) is 0. The van der Waals surface area contributed by atoms with E-state index in [1.807, 2.05) is 0 Å². The largest absolute Gasteiger partial charge is 0.452 e. The molecule has 3 aromatic rings. The molecular formula is C22H11Cl2FO4. The van der Waals surface area contributed by atoms with E-state index >= 15 is 0 Å². The Balaban J connectivity index is 1.56. The van der Waals surface area contributed by atoms with Crippen molar-refractivity contribution in [2.45, 2.75) is 0 Å². The van der Waals surface area contributed by atoms with Gasteiger partial charge in [0.15, 0.2) is 5.76 Å². The Labute approximate surface area is 175 Å². The van der Waals surface area contributed by atoms with Gasteiger partial charge < -0.3 is 9.47 Å².